The van der Waals surface area contributed by atoms with Gasteiger partial charge in [0.2, 0.25) is 17.7 Å². The lowest BCUT2D eigenvalue weighted by atomic mass is 9.84. The minimum Gasteiger partial charge on any atom is -0.329 e. The zero-order valence-electron chi connectivity index (χ0n) is 16.4. The molecule has 1 aromatic rings. The molecule has 0 spiro atoms. The number of carbonyl (C=O) groups is 4. The van der Waals surface area contributed by atoms with Gasteiger partial charge in [0.15, 0.2) is 0 Å². The first-order valence-electron chi connectivity index (χ1n) is 9.97. The number of amides is 5. The number of nitrogens with one attached hydrogen (secondary N) is 3. The normalized spacial score (nSPS) is 26.9. The van der Waals surface area contributed by atoms with Crippen LogP contribution >= 0.6 is 12.4 Å². The number of anilines is 2. The fourth-order valence-corrected chi connectivity index (χ4v) is 4.71. The summed E-state index contributed by atoms with van der Waals surface area (Å²) in [6.07, 6.45) is 3.27. The van der Waals surface area contributed by atoms with Crippen LogP contribution in [0.15, 0.2) is 24.3 Å². The van der Waals surface area contributed by atoms with Gasteiger partial charge in [0.05, 0.1) is 12.5 Å². The van der Waals surface area contributed by atoms with Gasteiger partial charge >= 0.3 is 6.03 Å². The first-order valence-corrected chi connectivity index (χ1v) is 9.97. The first kappa shape index (κ1) is 22.0. The van der Waals surface area contributed by atoms with Gasteiger partial charge in [0.1, 0.15) is 0 Å². The quantitative estimate of drug-likeness (QED) is 0.500. The van der Waals surface area contributed by atoms with Crippen molar-refractivity contribution in [1.29, 1.82) is 0 Å². The van der Waals surface area contributed by atoms with Crippen molar-refractivity contribution in [1.82, 2.24) is 10.2 Å². The molecule has 9 nitrogen and oxygen atoms in total. The highest BCUT2D eigenvalue weighted by Crippen LogP contribution is 2.47. The van der Waals surface area contributed by atoms with E-state index in [-0.39, 0.29) is 61.6 Å². The van der Waals surface area contributed by atoms with Crippen molar-refractivity contribution in [3.63, 3.8) is 0 Å². The van der Waals surface area contributed by atoms with Crippen molar-refractivity contribution < 1.29 is 19.2 Å². The first-order chi connectivity index (χ1) is 13.9. The molecule has 2 aliphatic carbocycles. The topological polar surface area (TPSA) is 134 Å². The number of hydrogen-bond donors (Lipinski definition) is 4. The van der Waals surface area contributed by atoms with Crippen molar-refractivity contribution in [3.05, 3.63) is 24.3 Å². The van der Waals surface area contributed by atoms with Crippen LogP contribution in [-0.2, 0) is 14.4 Å². The maximum absolute atomic E-state index is 12.6. The lowest BCUT2D eigenvalue weighted by Gasteiger charge is -2.27. The predicted molar refractivity (Wildman–Crippen MR) is 113 cm³/mol. The number of nitrogens with two attached hydrogens (primary N) is 1. The Kier molecular flexibility index (Phi) is 6.62. The standard InChI is InChI=1S/C20H25N5O4.ClH/c21-18-12-2-1-11(9-12)17(18)19(28)24-14-5-3-13(4-6-14)23-15(26)7-8-25-16(27)10-22-20(25)29;/h3-6,11-12,17-18H,1-2,7-10,21H2,(H,22,29)(H,23,26)(H,24,28);1H. The molecule has 4 unspecified atom stereocenters. The summed E-state index contributed by atoms with van der Waals surface area (Å²) in [4.78, 5) is 48.7. The molecule has 0 radical (unpaired) electrons. The summed E-state index contributed by atoms with van der Waals surface area (Å²) in [5.74, 6) is 0.0578. The fourth-order valence-electron chi connectivity index (χ4n) is 4.71. The fraction of sp³-hybridized carbons (Fsp3) is 0.500. The second-order valence-electron chi connectivity index (χ2n) is 8.01. The molecule has 5 amide bonds. The summed E-state index contributed by atoms with van der Waals surface area (Å²) >= 11 is 0. The van der Waals surface area contributed by atoms with Gasteiger partial charge in [-0.3, -0.25) is 19.3 Å². The molecule has 4 rings (SSSR count). The minimum atomic E-state index is -0.474. The van der Waals surface area contributed by atoms with Crippen molar-refractivity contribution >= 4 is 47.5 Å². The van der Waals surface area contributed by atoms with Crippen molar-refractivity contribution in [3.8, 4) is 0 Å². The summed E-state index contributed by atoms with van der Waals surface area (Å²) in [6.45, 7) is 0.00917. The molecule has 2 saturated carbocycles. The molecule has 4 atom stereocenters. The summed E-state index contributed by atoms with van der Waals surface area (Å²) in [7, 11) is 0. The highest BCUT2D eigenvalue weighted by atomic mass is 35.5. The average molecular weight is 436 g/mol. The molecule has 0 aromatic heterocycles. The van der Waals surface area contributed by atoms with Gasteiger partial charge in [-0.2, -0.15) is 0 Å². The van der Waals surface area contributed by atoms with Gasteiger partial charge < -0.3 is 21.7 Å². The Morgan fingerprint density at radius 2 is 1.70 bits per heavy atom. The van der Waals surface area contributed by atoms with Crippen LogP contribution in [0, 0.1) is 17.8 Å². The van der Waals surface area contributed by atoms with E-state index in [1.807, 2.05) is 0 Å². The van der Waals surface area contributed by atoms with E-state index in [2.05, 4.69) is 16.0 Å². The Bertz CT molecular complexity index is 828. The second-order valence-corrected chi connectivity index (χ2v) is 8.01. The predicted octanol–water partition coefficient (Wildman–Crippen LogP) is 1.30. The molecule has 162 valence electrons. The van der Waals surface area contributed by atoms with Crippen LogP contribution in [0.3, 0.4) is 0 Å². The van der Waals surface area contributed by atoms with Gasteiger partial charge in [0.25, 0.3) is 0 Å². The molecule has 1 aliphatic heterocycles. The van der Waals surface area contributed by atoms with Gasteiger partial charge in [-0.25, -0.2) is 4.79 Å². The molecule has 30 heavy (non-hydrogen) atoms. The van der Waals surface area contributed by atoms with Crippen LogP contribution in [0.4, 0.5) is 16.2 Å². The zero-order valence-corrected chi connectivity index (χ0v) is 17.2. The van der Waals surface area contributed by atoms with E-state index in [0.717, 1.165) is 24.2 Å². The molecule has 3 aliphatic rings. The molecule has 1 aromatic carbocycles. The molecule has 1 saturated heterocycles. The number of rotatable bonds is 6. The van der Waals surface area contributed by atoms with E-state index in [1.165, 1.54) is 0 Å². The van der Waals surface area contributed by atoms with Gasteiger partial charge in [-0.05, 0) is 55.4 Å². The van der Waals surface area contributed by atoms with Crippen LogP contribution < -0.4 is 21.7 Å². The Hall–Kier alpha value is -2.65. The van der Waals surface area contributed by atoms with Crippen molar-refractivity contribution in [2.75, 3.05) is 23.7 Å². The molecule has 1 heterocycles. The van der Waals surface area contributed by atoms with Crippen LogP contribution in [0.2, 0.25) is 0 Å². The number of imide groups is 1. The van der Waals surface area contributed by atoms with Gasteiger partial charge in [-0.1, -0.05) is 0 Å². The summed E-state index contributed by atoms with van der Waals surface area (Å²) in [6, 6.07) is 6.31. The number of halogens is 1. The Labute approximate surface area is 180 Å². The van der Waals surface area contributed by atoms with E-state index in [0.29, 0.717) is 23.2 Å². The van der Waals surface area contributed by atoms with Gasteiger partial charge in [0, 0.05) is 30.4 Å². The molecular weight excluding hydrogens is 410 g/mol. The summed E-state index contributed by atoms with van der Waals surface area (Å²) < 4.78 is 0. The highest BCUT2D eigenvalue weighted by Gasteiger charge is 2.49. The Morgan fingerprint density at radius 3 is 2.27 bits per heavy atom. The van der Waals surface area contributed by atoms with Crippen molar-refractivity contribution in [2.45, 2.75) is 31.7 Å². The molecular formula is C20H26ClN5O4. The smallest absolute Gasteiger partial charge is 0.324 e. The lowest BCUT2D eigenvalue weighted by molar-refractivity contribution is -0.125. The van der Waals surface area contributed by atoms with Crippen LogP contribution in [0.25, 0.3) is 0 Å². The Balaban J connectivity index is 0.00000256. The van der Waals surface area contributed by atoms with E-state index in [1.54, 1.807) is 24.3 Å². The van der Waals surface area contributed by atoms with E-state index >= 15 is 0 Å². The Morgan fingerprint density at radius 1 is 1.07 bits per heavy atom. The SMILES string of the molecule is Cl.NC1C2CCC(C2)C1C(=O)Nc1ccc(NC(=O)CCN2C(=O)CNC2=O)cc1. The number of carbonyl (C=O) groups excluding carboxylic acids is 4. The van der Waals surface area contributed by atoms with Crippen LogP contribution in [-0.4, -0.2) is 47.8 Å². The molecule has 2 bridgehead atoms. The molecule has 10 heteroatoms. The summed E-state index contributed by atoms with van der Waals surface area (Å²) in [5, 5.41) is 8.06. The third-order valence-corrected chi connectivity index (χ3v) is 6.22. The number of urea groups is 1. The largest absolute Gasteiger partial charge is 0.329 e. The van der Waals surface area contributed by atoms with Gasteiger partial charge in [-0.15, -0.1) is 12.4 Å². The summed E-state index contributed by atoms with van der Waals surface area (Å²) in [5.41, 5.74) is 7.46. The number of hydrogen-bond acceptors (Lipinski definition) is 5. The van der Waals surface area contributed by atoms with Crippen LogP contribution in [0.1, 0.15) is 25.7 Å². The third-order valence-electron chi connectivity index (χ3n) is 6.22. The van der Waals surface area contributed by atoms with Crippen LogP contribution in [0.5, 0.6) is 0 Å². The monoisotopic (exact) mass is 435 g/mol. The average Bonchev–Trinajstić information content (AvgIpc) is 3.37. The van der Waals surface area contributed by atoms with E-state index < -0.39 is 6.03 Å². The minimum absolute atomic E-state index is 0. The number of benzene rings is 1. The highest BCUT2D eigenvalue weighted by molar-refractivity contribution is 6.02. The molecule has 3 fully saturated rings. The molecule has 5 N–H and O–H groups in total. The number of nitrogens with zero attached hydrogens (tertiary/aromatic N) is 1. The lowest BCUT2D eigenvalue weighted by Crippen LogP contribution is -2.42. The maximum Gasteiger partial charge on any atom is 0.324 e. The third kappa shape index (κ3) is 4.41. The van der Waals surface area contributed by atoms with E-state index in [9.17, 15) is 19.2 Å². The second kappa shape index (κ2) is 9.01. The van der Waals surface area contributed by atoms with Crippen molar-refractivity contribution in [2.24, 2.45) is 23.5 Å². The van der Waals surface area contributed by atoms with E-state index in [4.69, 9.17) is 5.73 Å². The number of fused-ring (bicyclic) bond motifs is 2. The zero-order chi connectivity index (χ0) is 20.5. The maximum atomic E-state index is 12.6.